The summed E-state index contributed by atoms with van der Waals surface area (Å²) in [4.78, 5) is 0. The number of hydrogen-bond acceptors (Lipinski definition) is 11. The van der Waals surface area contributed by atoms with E-state index in [4.69, 9.17) is 28.4 Å². The van der Waals surface area contributed by atoms with Crippen molar-refractivity contribution in [2.24, 2.45) is 0 Å². The minimum atomic E-state index is -1.32. The van der Waals surface area contributed by atoms with E-state index in [9.17, 15) is 25.5 Å². The first-order chi connectivity index (χ1) is 20.3. The molecular weight excluding hydrogens is 548 g/mol. The normalized spacial score (nSPS) is 17.1. The van der Waals surface area contributed by atoms with E-state index >= 15 is 0 Å². The Morgan fingerprint density at radius 3 is 2.05 bits per heavy atom. The third-order valence-corrected chi connectivity index (χ3v) is 7.35. The highest BCUT2D eigenvalue weighted by molar-refractivity contribution is 5.58. The van der Waals surface area contributed by atoms with Gasteiger partial charge >= 0.3 is 0 Å². The zero-order valence-electron chi connectivity index (χ0n) is 24.1. The summed E-state index contributed by atoms with van der Waals surface area (Å²) in [5.41, 5.74) is 2.68. The topological polar surface area (TPSA) is 157 Å². The van der Waals surface area contributed by atoms with Gasteiger partial charge in [-0.05, 0) is 54.3 Å². The lowest BCUT2D eigenvalue weighted by Crippen LogP contribution is -2.29. The van der Waals surface area contributed by atoms with Crippen molar-refractivity contribution in [1.29, 1.82) is 0 Å². The molecule has 1 heterocycles. The summed E-state index contributed by atoms with van der Waals surface area (Å²) in [5.74, 6) is 1.34. The van der Waals surface area contributed by atoms with Crippen LogP contribution in [0.2, 0.25) is 0 Å². The second kappa shape index (κ2) is 13.8. The van der Waals surface area contributed by atoms with Gasteiger partial charge in [0.2, 0.25) is 5.75 Å². The van der Waals surface area contributed by atoms with Crippen LogP contribution < -0.4 is 28.4 Å². The highest BCUT2D eigenvalue weighted by atomic mass is 16.6. The molecule has 0 spiro atoms. The quantitative estimate of drug-likeness (QED) is 0.189. The molecule has 11 nitrogen and oxygen atoms in total. The molecule has 5 N–H and O–H groups in total. The van der Waals surface area contributed by atoms with Crippen LogP contribution in [-0.4, -0.2) is 79.9 Å². The summed E-state index contributed by atoms with van der Waals surface area (Å²) in [6, 6.07) is 11.6. The molecule has 1 aliphatic heterocycles. The van der Waals surface area contributed by atoms with Crippen molar-refractivity contribution < 1.29 is 54.0 Å². The monoisotopic (exact) mass is 586 g/mol. The number of aliphatic hydroxyl groups is 4. The fraction of sp³-hybridized carbons (Fsp3) is 0.419. The van der Waals surface area contributed by atoms with E-state index in [-0.39, 0.29) is 42.0 Å². The van der Waals surface area contributed by atoms with Gasteiger partial charge in [-0.15, -0.1) is 0 Å². The number of rotatable bonds is 14. The molecule has 3 aromatic rings. The third-order valence-electron chi connectivity index (χ3n) is 7.35. The molecule has 3 aromatic carbocycles. The van der Waals surface area contributed by atoms with E-state index < -0.39 is 30.8 Å². The molecule has 0 amide bonds. The maximum absolute atomic E-state index is 11.0. The molecule has 1 aliphatic rings. The number of phenolic OH excluding ortho intramolecular Hbond substituents is 1. The Labute approximate surface area is 244 Å². The Bertz CT molecular complexity index is 1330. The van der Waals surface area contributed by atoms with Gasteiger partial charge in [0.25, 0.3) is 0 Å². The first-order valence-electron chi connectivity index (χ1n) is 13.5. The summed E-state index contributed by atoms with van der Waals surface area (Å²) in [5, 5.41) is 50.9. The van der Waals surface area contributed by atoms with Crippen molar-refractivity contribution in [3.8, 4) is 40.2 Å². The van der Waals surface area contributed by atoms with Gasteiger partial charge in [-0.25, -0.2) is 0 Å². The zero-order chi connectivity index (χ0) is 30.4. The average Bonchev–Trinajstić information content (AvgIpc) is 3.40. The zero-order valence-corrected chi connectivity index (χ0v) is 24.1. The van der Waals surface area contributed by atoms with Crippen LogP contribution in [-0.2, 0) is 6.42 Å². The first-order valence-corrected chi connectivity index (χ1v) is 13.5. The molecule has 0 radical (unpaired) electrons. The number of benzene rings is 3. The minimum absolute atomic E-state index is 0.0622. The van der Waals surface area contributed by atoms with Crippen molar-refractivity contribution >= 4 is 0 Å². The van der Waals surface area contributed by atoms with Crippen LogP contribution in [0, 0.1) is 0 Å². The Hall–Kier alpha value is -3.90. The molecule has 0 fully saturated rings. The lowest BCUT2D eigenvalue weighted by molar-refractivity contribution is -0.00180. The van der Waals surface area contributed by atoms with E-state index in [1.165, 1.54) is 33.5 Å². The average molecular weight is 587 g/mol. The number of phenols is 1. The molecule has 0 saturated heterocycles. The van der Waals surface area contributed by atoms with Gasteiger partial charge in [0, 0.05) is 17.7 Å². The first kappa shape index (κ1) is 31.0. The van der Waals surface area contributed by atoms with Crippen LogP contribution in [0.1, 0.15) is 46.8 Å². The number of aliphatic hydroxyl groups excluding tert-OH is 4. The third kappa shape index (κ3) is 6.14. The van der Waals surface area contributed by atoms with Crippen molar-refractivity contribution in [1.82, 2.24) is 0 Å². The fourth-order valence-electron chi connectivity index (χ4n) is 5.17. The predicted octanol–water partition coefficient (Wildman–Crippen LogP) is 3.03. The minimum Gasteiger partial charge on any atom is -0.504 e. The summed E-state index contributed by atoms with van der Waals surface area (Å²) in [6.07, 6.45) is -1.85. The van der Waals surface area contributed by atoms with Crippen LogP contribution in [0.5, 0.6) is 40.2 Å². The molecule has 4 atom stereocenters. The predicted molar refractivity (Wildman–Crippen MR) is 152 cm³/mol. The molecule has 0 aliphatic carbocycles. The molecule has 228 valence electrons. The fourth-order valence-corrected chi connectivity index (χ4v) is 5.17. The molecular formula is C31H38O11. The van der Waals surface area contributed by atoms with Crippen molar-refractivity contribution in [3.63, 3.8) is 0 Å². The number of fused-ring (bicyclic) bond motifs is 1. The Morgan fingerprint density at radius 2 is 1.50 bits per heavy atom. The largest absolute Gasteiger partial charge is 0.504 e. The van der Waals surface area contributed by atoms with Crippen molar-refractivity contribution in [2.75, 3.05) is 48.3 Å². The molecule has 42 heavy (non-hydrogen) atoms. The molecule has 0 aromatic heterocycles. The van der Waals surface area contributed by atoms with Gasteiger partial charge in [-0.3, -0.25) is 0 Å². The molecule has 4 rings (SSSR count). The van der Waals surface area contributed by atoms with Crippen molar-refractivity contribution in [3.05, 3.63) is 64.7 Å². The summed E-state index contributed by atoms with van der Waals surface area (Å²) >= 11 is 0. The highest BCUT2D eigenvalue weighted by Crippen LogP contribution is 2.53. The van der Waals surface area contributed by atoms with Crippen LogP contribution in [0.4, 0.5) is 0 Å². The van der Waals surface area contributed by atoms with E-state index in [0.717, 1.165) is 11.1 Å². The van der Waals surface area contributed by atoms with E-state index in [0.29, 0.717) is 35.5 Å². The Morgan fingerprint density at radius 1 is 0.833 bits per heavy atom. The number of methoxy groups -OCH3 is 4. The number of aromatic hydroxyl groups is 1. The lowest BCUT2D eigenvalue weighted by atomic mass is 9.90. The van der Waals surface area contributed by atoms with Gasteiger partial charge in [0.05, 0.1) is 47.6 Å². The Balaban J connectivity index is 1.67. The molecule has 11 heteroatoms. The summed E-state index contributed by atoms with van der Waals surface area (Å²) in [7, 11) is 5.86. The second-order valence-corrected chi connectivity index (χ2v) is 9.84. The van der Waals surface area contributed by atoms with Gasteiger partial charge in [0.15, 0.2) is 40.6 Å². The van der Waals surface area contributed by atoms with Crippen LogP contribution in [0.3, 0.4) is 0 Å². The maximum Gasteiger partial charge on any atom is 0.204 e. The molecule has 0 bridgehead atoms. The van der Waals surface area contributed by atoms with Gasteiger partial charge in [-0.2, -0.15) is 0 Å². The van der Waals surface area contributed by atoms with Gasteiger partial charge < -0.3 is 54.0 Å². The number of aryl methyl sites for hydroxylation is 1. The summed E-state index contributed by atoms with van der Waals surface area (Å²) < 4.78 is 34.3. The van der Waals surface area contributed by atoms with Crippen LogP contribution >= 0.6 is 0 Å². The number of hydrogen-bond donors (Lipinski definition) is 5. The van der Waals surface area contributed by atoms with Crippen LogP contribution in [0.25, 0.3) is 0 Å². The molecule has 0 saturated carbocycles. The molecule has 4 unspecified atom stereocenters. The maximum atomic E-state index is 11.0. The van der Waals surface area contributed by atoms with E-state index in [1.807, 2.05) is 12.1 Å². The van der Waals surface area contributed by atoms with Gasteiger partial charge in [0.1, 0.15) is 12.2 Å². The van der Waals surface area contributed by atoms with Crippen molar-refractivity contribution in [2.45, 2.75) is 37.1 Å². The van der Waals surface area contributed by atoms with E-state index in [1.54, 1.807) is 25.3 Å². The SMILES string of the molecule is COc1ccc(C(O)C(CO)Oc2c(OC)cc(C3Oc4c(OC)cc(CCCO)cc4C3CO)cc2OC)cc1O. The Kier molecular flexibility index (Phi) is 10.2. The smallest absolute Gasteiger partial charge is 0.204 e. The number of ether oxygens (including phenoxy) is 6. The van der Waals surface area contributed by atoms with Gasteiger partial charge in [-0.1, -0.05) is 12.1 Å². The van der Waals surface area contributed by atoms with E-state index in [2.05, 4.69) is 0 Å². The second-order valence-electron chi connectivity index (χ2n) is 9.84. The standard InChI is InChI=1S/C31H38O11/c1-37-23-8-7-18(12-22(23)35)28(36)27(16-34)41-31-25(39-3)13-19(14-26(31)40-4)29-21(15-33)20-10-17(6-5-9-32)11-24(38-2)30(20)42-29/h7-8,10-14,21,27-29,32-36H,5-6,9,15-16H2,1-4H3. The van der Waals surface area contributed by atoms with Crippen LogP contribution in [0.15, 0.2) is 42.5 Å². The highest BCUT2D eigenvalue weighted by Gasteiger charge is 2.39. The summed E-state index contributed by atoms with van der Waals surface area (Å²) in [6.45, 7) is -0.707. The lowest BCUT2D eigenvalue weighted by Gasteiger charge is -2.26.